The molecule has 0 saturated heterocycles. The first-order valence-corrected chi connectivity index (χ1v) is 13.4. The van der Waals surface area contributed by atoms with Crippen molar-refractivity contribution in [2.24, 2.45) is 0 Å². The minimum absolute atomic E-state index is 0.185. The summed E-state index contributed by atoms with van der Waals surface area (Å²) in [4.78, 5) is 23.0. The van der Waals surface area contributed by atoms with Crippen molar-refractivity contribution in [3.05, 3.63) is 84.5 Å². The second-order valence-corrected chi connectivity index (χ2v) is 8.95. The summed E-state index contributed by atoms with van der Waals surface area (Å²) >= 11 is 1.56. The van der Waals surface area contributed by atoms with Gasteiger partial charge in [-0.3, -0.25) is 4.79 Å². The minimum atomic E-state index is -1.24. The molecule has 0 atom stereocenters. The van der Waals surface area contributed by atoms with Gasteiger partial charge in [0.05, 0.1) is 5.75 Å². The fourth-order valence-corrected chi connectivity index (χ4v) is 3.79. The summed E-state index contributed by atoms with van der Waals surface area (Å²) in [6.07, 6.45) is 30.1. The lowest BCUT2D eigenvalue weighted by atomic mass is 10.2. The van der Waals surface area contributed by atoms with Crippen LogP contribution in [0.3, 0.4) is 0 Å². The number of carboxylic acids is 1. The van der Waals surface area contributed by atoms with Gasteiger partial charge in [-0.05, 0) is 75.3 Å². The van der Waals surface area contributed by atoms with Crippen LogP contribution in [0.25, 0.3) is 0 Å². The van der Waals surface area contributed by atoms with Crippen LogP contribution in [0.5, 0.6) is 5.75 Å². The average Bonchev–Trinajstić information content (AvgIpc) is 2.83. The summed E-state index contributed by atoms with van der Waals surface area (Å²) in [5.41, 5.74) is 0.134. The number of phenols is 1. The van der Waals surface area contributed by atoms with E-state index < -0.39 is 5.97 Å². The Labute approximate surface area is 214 Å². The highest BCUT2D eigenvalue weighted by atomic mass is 32.2. The number of carbonyl (C=O) groups excluding carboxylic acids is 1. The van der Waals surface area contributed by atoms with E-state index in [2.05, 4.69) is 73.0 Å². The standard InChI is InChI=1S/C29H39NO4S/c1-2-3-4-5-6-7-8-9-10-11-12-13-14-15-16-17-18-19-22-35-24-28(32)30-25-20-21-27(31)26(23-25)29(33)34/h3-4,6-7,9-10,12-13,15-16,20-21,23,31H,2,5,8,11,14,17-19,22,24H2,1H3,(H,30,32)(H,33,34)/b4-3-,7-6-,10-9-,13-12-,16-15-. The third-order valence-electron chi connectivity index (χ3n) is 4.81. The van der Waals surface area contributed by atoms with E-state index in [1.54, 1.807) is 11.8 Å². The van der Waals surface area contributed by atoms with E-state index in [9.17, 15) is 14.7 Å². The third-order valence-corrected chi connectivity index (χ3v) is 5.85. The molecule has 0 radical (unpaired) electrons. The summed E-state index contributed by atoms with van der Waals surface area (Å²) in [6.45, 7) is 2.14. The topological polar surface area (TPSA) is 86.6 Å². The highest BCUT2D eigenvalue weighted by Crippen LogP contribution is 2.21. The van der Waals surface area contributed by atoms with Crippen molar-refractivity contribution in [2.45, 2.75) is 58.3 Å². The third kappa shape index (κ3) is 16.3. The van der Waals surface area contributed by atoms with E-state index in [4.69, 9.17) is 5.11 Å². The number of rotatable bonds is 18. The van der Waals surface area contributed by atoms with Crippen LogP contribution in [-0.4, -0.2) is 33.6 Å². The van der Waals surface area contributed by atoms with E-state index in [0.29, 0.717) is 11.4 Å². The molecule has 0 heterocycles. The first-order chi connectivity index (χ1) is 17.0. The number of unbranched alkanes of at least 4 members (excludes halogenated alkanes) is 2. The predicted octanol–water partition coefficient (Wildman–Crippen LogP) is 7.68. The fraction of sp³-hybridized carbons (Fsp3) is 0.379. The number of hydrogen-bond acceptors (Lipinski definition) is 4. The molecule has 0 aliphatic rings. The van der Waals surface area contributed by atoms with Gasteiger partial charge in [0.2, 0.25) is 5.91 Å². The van der Waals surface area contributed by atoms with Gasteiger partial charge < -0.3 is 15.5 Å². The molecule has 0 spiro atoms. The normalized spacial score (nSPS) is 12.1. The Morgan fingerprint density at radius 2 is 1.43 bits per heavy atom. The van der Waals surface area contributed by atoms with Crippen LogP contribution < -0.4 is 5.32 Å². The number of nitrogens with one attached hydrogen (secondary N) is 1. The molecule has 190 valence electrons. The number of benzene rings is 1. The lowest BCUT2D eigenvalue weighted by Crippen LogP contribution is -2.14. The number of anilines is 1. The Hall–Kier alpha value is -2.99. The molecule has 0 unspecified atom stereocenters. The zero-order chi connectivity index (χ0) is 25.6. The molecule has 1 aromatic rings. The van der Waals surface area contributed by atoms with Gasteiger partial charge in [0.25, 0.3) is 0 Å². The van der Waals surface area contributed by atoms with Crippen LogP contribution in [0.4, 0.5) is 5.69 Å². The molecular formula is C29H39NO4S. The molecule has 3 N–H and O–H groups in total. The molecular weight excluding hydrogens is 458 g/mol. The van der Waals surface area contributed by atoms with E-state index in [-0.39, 0.29) is 17.2 Å². The number of aromatic hydroxyl groups is 1. The van der Waals surface area contributed by atoms with Crippen molar-refractivity contribution in [3.8, 4) is 5.75 Å². The summed E-state index contributed by atoms with van der Waals surface area (Å²) in [5, 5.41) is 21.2. The van der Waals surface area contributed by atoms with Crippen LogP contribution in [0.1, 0.15) is 68.6 Å². The van der Waals surface area contributed by atoms with E-state index in [1.165, 1.54) is 18.2 Å². The molecule has 5 nitrogen and oxygen atoms in total. The quantitative estimate of drug-likeness (QED) is 0.110. The lowest BCUT2D eigenvalue weighted by Gasteiger charge is -2.07. The van der Waals surface area contributed by atoms with Gasteiger partial charge in [-0.2, -0.15) is 11.8 Å². The monoisotopic (exact) mass is 497 g/mol. The Morgan fingerprint density at radius 1 is 0.857 bits per heavy atom. The van der Waals surface area contributed by atoms with Gasteiger partial charge >= 0.3 is 5.97 Å². The molecule has 0 fully saturated rings. The van der Waals surface area contributed by atoms with Crippen LogP contribution >= 0.6 is 11.8 Å². The predicted molar refractivity (Wildman–Crippen MR) is 149 cm³/mol. The summed E-state index contributed by atoms with van der Waals surface area (Å²) in [6, 6.07) is 4.00. The molecule has 1 rings (SSSR count). The number of thioether (sulfide) groups is 1. The molecule has 0 aromatic heterocycles. The Kier molecular flexibility index (Phi) is 17.5. The highest BCUT2D eigenvalue weighted by molar-refractivity contribution is 7.99. The van der Waals surface area contributed by atoms with Gasteiger partial charge in [-0.1, -0.05) is 67.7 Å². The van der Waals surface area contributed by atoms with Gasteiger partial charge in [0, 0.05) is 5.69 Å². The van der Waals surface area contributed by atoms with Gasteiger partial charge in [-0.15, -0.1) is 0 Å². The second-order valence-electron chi connectivity index (χ2n) is 7.84. The van der Waals surface area contributed by atoms with Crippen molar-refractivity contribution < 1.29 is 19.8 Å². The Morgan fingerprint density at radius 3 is 2.00 bits per heavy atom. The Bertz CT molecular complexity index is 900. The van der Waals surface area contributed by atoms with Gasteiger partial charge in [0.1, 0.15) is 11.3 Å². The van der Waals surface area contributed by atoms with Crippen molar-refractivity contribution in [3.63, 3.8) is 0 Å². The molecule has 1 amide bonds. The molecule has 6 heteroatoms. The first-order valence-electron chi connectivity index (χ1n) is 12.2. The summed E-state index contributed by atoms with van der Waals surface area (Å²) < 4.78 is 0. The number of amides is 1. The first kappa shape index (κ1) is 30.0. The second kappa shape index (κ2) is 20.4. The van der Waals surface area contributed by atoms with Gasteiger partial charge in [0.15, 0.2) is 0 Å². The number of carboxylic acid groups (broad SMARTS) is 1. The van der Waals surface area contributed by atoms with E-state index in [0.717, 1.165) is 57.1 Å². The zero-order valence-electron chi connectivity index (χ0n) is 20.7. The summed E-state index contributed by atoms with van der Waals surface area (Å²) in [7, 11) is 0. The largest absolute Gasteiger partial charge is 0.507 e. The zero-order valence-corrected chi connectivity index (χ0v) is 21.5. The number of aromatic carboxylic acids is 1. The maximum absolute atomic E-state index is 12.0. The highest BCUT2D eigenvalue weighted by Gasteiger charge is 2.11. The molecule has 0 saturated carbocycles. The van der Waals surface area contributed by atoms with Crippen molar-refractivity contribution in [1.82, 2.24) is 0 Å². The molecule has 0 aliphatic heterocycles. The lowest BCUT2D eigenvalue weighted by molar-refractivity contribution is -0.113. The maximum Gasteiger partial charge on any atom is 0.339 e. The van der Waals surface area contributed by atoms with Crippen molar-refractivity contribution >= 4 is 29.3 Å². The number of carbonyl (C=O) groups is 2. The van der Waals surface area contributed by atoms with E-state index >= 15 is 0 Å². The number of allylic oxidation sites excluding steroid dienone is 10. The minimum Gasteiger partial charge on any atom is -0.507 e. The number of hydrogen-bond donors (Lipinski definition) is 3. The molecule has 35 heavy (non-hydrogen) atoms. The van der Waals surface area contributed by atoms with Crippen LogP contribution in [0, 0.1) is 0 Å². The summed E-state index contributed by atoms with van der Waals surface area (Å²) in [5.74, 6) is -0.535. The fourth-order valence-electron chi connectivity index (χ4n) is 2.98. The molecule has 1 aromatic carbocycles. The van der Waals surface area contributed by atoms with Gasteiger partial charge in [-0.25, -0.2) is 4.79 Å². The SMILES string of the molecule is CC/C=C\C/C=C\C/C=C\C/C=C\C/C=C\CCCCSCC(=O)Nc1ccc(O)c(C(=O)O)c1. The van der Waals surface area contributed by atoms with Crippen molar-refractivity contribution in [2.75, 3.05) is 16.8 Å². The van der Waals surface area contributed by atoms with Crippen LogP contribution in [0.15, 0.2) is 79.0 Å². The average molecular weight is 498 g/mol. The van der Waals surface area contributed by atoms with Crippen LogP contribution in [0.2, 0.25) is 0 Å². The Balaban J connectivity index is 2.01. The smallest absolute Gasteiger partial charge is 0.339 e. The maximum atomic E-state index is 12.0. The van der Waals surface area contributed by atoms with Crippen molar-refractivity contribution in [1.29, 1.82) is 0 Å². The van der Waals surface area contributed by atoms with E-state index in [1.807, 2.05) is 0 Å². The molecule has 0 bridgehead atoms. The van der Waals surface area contributed by atoms with Crippen LogP contribution in [-0.2, 0) is 4.79 Å². The molecule has 0 aliphatic carbocycles.